The SMILES string of the molecule is C=C(CC(O)c1ccc(OC)cc1)C(=O)OCC. The molecule has 0 spiro atoms. The molecular weight excluding hydrogens is 232 g/mol. The molecular formula is C14H18O4. The van der Waals surface area contributed by atoms with Crippen molar-refractivity contribution in [1.82, 2.24) is 0 Å². The largest absolute Gasteiger partial charge is 0.497 e. The summed E-state index contributed by atoms with van der Waals surface area (Å²) in [6, 6.07) is 7.02. The summed E-state index contributed by atoms with van der Waals surface area (Å²) in [6.45, 7) is 5.64. The molecule has 0 aliphatic heterocycles. The third-order valence-corrected chi connectivity index (χ3v) is 2.50. The van der Waals surface area contributed by atoms with Gasteiger partial charge in [0.05, 0.1) is 19.8 Å². The van der Waals surface area contributed by atoms with E-state index in [0.29, 0.717) is 12.2 Å². The van der Waals surface area contributed by atoms with Crippen LogP contribution in [-0.4, -0.2) is 24.8 Å². The molecule has 4 heteroatoms. The molecule has 98 valence electrons. The summed E-state index contributed by atoms with van der Waals surface area (Å²) in [6.07, 6.45) is -0.613. The Kier molecular flexibility index (Phi) is 5.39. The summed E-state index contributed by atoms with van der Waals surface area (Å²) < 4.78 is 9.83. The van der Waals surface area contributed by atoms with Crippen LogP contribution in [0.5, 0.6) is 5.75 Å². The molecule has 1 rings (SSSR count). The smallest absolute Gasteiger partial charge is 0.333 e. The number of rotatable bonds is 6. The van der Waals surface area contributed by atoms with Crippen LogP contribution in [0.4, 0.5) is 0 Å². The fourth-order valence-corrected chi connectivity index (χ4v) is 1.49. The van der Waals surface area contributed by atoms with Crippen LogP contribution < -0.4 is 4.74 Å². The molecule has 1 unspecified atom stereocenters. The Morgan fingerprint density at radius 1 is 1.39 bits per heavy atom. The molecule has 1 aromatic rings. The van der Waals surface area contributed by atoms with E-state index in [9.17, 15) is 9.90 Å². The van der Waals surface area contributed by atoms with Gasteiger partial charge in [0.15, 0.2) is 0 Å². The van der Waals surface area contributed by atoms with Crippen molar-refractivity contribution in [2.24, 2.45) is 0 Å². The zero-order valence-electron chi connectivity index (χ0n) is 10.7. The maximum Gasteiger partial charge on any atom is 0.333 e. The fraction of sp³-hybridized carbons (Fsp3) is 0.357. The van der Waals surface area contributed by atoms with E-state index in [2.05, 4.69) is 6.58 Å². The molecule has 1 N–H and O–H groups in total. The molecule has 4 nitrogen and oxygen atoms in total. The van der Waals surface area contributed by atoms with E-state index >= 15 is 0 Å². The van der Waals surface area contributed by atoms with Crippen LogP contribution in [0, 0.1) is 0 Å². The average Bonchev–Trinajstić information content (AvgIpc) is 2.39. The highest BCUT2D eigenvalue weighted by Gasteiger charge is 2.15. The Labute approximate surface area is 107 Å². The summed E-state index contributed by atoms with van der Waals surface area (Å²) in [4.78, 5) is 11.4. The number of aliphatic hydroxyl groups is 1. The molecule has 1 atom stereocenters. The standard InChI is InChI=1S/C14H18O4/c1-4-18-14(16)10(2)9-13(15)11-5-7-12(17-3)8-6-11/h5-8,13,15H,2,4,9H2,1,3H3. The fourth-order valence-electron chi connectivity index (χ4n) is 1.49. The topological polar surface area (TPSA) is 55.8 Å². The second-order valence-electron chi connectivity index (χ2n) is 3.82. The van der Waals surface area contributed by atoms with Gasteiger partial charge in [0.25, 0.3) is 0 Å². The maximum atomic E-state index is 11.4. The number of hydrogen-bond donors (Lipinski definition) is 1. The van der Waals surface area contributed by atoms with Gasteiger partial charge in [0.2, 0.25) is 0 Å². The van der Waals surface area contributed by atoms with Crippen molar-refractivity contribution in [3.63, 3.8) is 0 Å². The lowest BCUT2D eigenvalue weighted by molar-refractivity contribution is -0.138. The van der Waals surface area contributed by atoms with Gasteiger partial charge < -0.3 is 14.6 Å². The minimum atomic E-state index is -0.771. The van der Waals surface area contributed by atoms with Crippen LogP contribution in [0.1, 0.15) is 25.0 Å². The van der Waals surface area contributed by atoms with Gasteiger partial charge in [-0.05, 0) is 24.6 Å². The number of carbonyl (C=O) groups is 1. The van der Waals surface area contributed by atoms with Crippen molar-refractivity contribution in [3.8, 4) is 5.75 Å². The molecule has 0 heterocycles. The first-order valence-electron chi connectivity index (χ1n) is 5.75. The van der Waals surface area contributed by atoms with Crippen LogP contribution in [0.3, 0.4) is 0 Å². The Bertz CT molecular complexity index is 408. The Balaban J connectivity index is 2.61. The van der Waals surface area contributed by atoms with Gasteiger partial charge in [-0.15, -0.1) is 0 Å². The van der Waals surface area contributed by atoms with Crippen molar-refractivity contribution in [3.05, 3.63) is 42.0 Å². The van der Waals surface area contributed by atoms with Crippen molar-refractivity contribution in [2.75, 3.05) is 13.7 Å². The lowest BCUT2D eigenvalue weighted by Gasteiger charge is -2.12. The molecule has 0 saturated heterocycles. The number of carbonyl (C=O) groups excluding carboxylic acids is 1. The van der Waals surface area contributed by atoms with Crippen LogP contribution in [0.25, 0.3) is 0 Å². The summed E-state index contributed by atoms with van der Waals surface area (Å²) in [5.74, 6) is 0.250. The second-order valence-corrected chi connectivity index (χ2v) is 3.82. The van der Waals surface area contributed by atoms with Crippen LogP contribution in [0.15, 0.2) is 36.4 Å². The Morgan fingerprint density at radius 3 is 2.50 bits per heavy atom. The molecule has 0 bridgehead atoms. The van der Waals surface area contributed by atoms with Crippen LogP contribution in [-0.2, 0) is 9.53 Å². The minimum absolute atomic E-state index is 0.158. The van der Waals surface area contributed by atoms with E-state index in [1.807, 2.05) is 0 Å². The average molecular weight is 250 g/mol. The van der Waals surface area contributed by atoms with Crippen LogP contribution in [0.2, 0.25) is 0 Å². The highest BCUT2D eigenvalue weighted by Crippen LogP contribution is 2.23. The maximum absolute atomic E-state index is 11.4. The van der Waals surface area contributed by atoms with Gasteiger partial charge in [-0.3, -0.25) is 0 Å². The highest BCUT2D eigenvalue weighted by molar-refractivity contribution is 5.87. The normalized spacial score (nSPS) is 11.7. The molecule has 0 radical (unpaired) electrons. The van der Waals surface area contributed by atoms with Crippen LogP contribution >= 0.6 is 0 Å². The Hall–Kier alpha value is -1.81. The summed E-state index contributed by atoms with van der Waals surface area (Å²) >= 11 is 0. The monoisotopic (exact) mass is 250 g/mol. The first kappa shape index (κ1) is 14.3. The van der Waals surface area contributed by atoms with Crippen molar-refractivity contribution < 1.29 is 19.4 Å². The molecule has 18 heavy (non-hydrogen) atoms. The summed E-state index contributed by atoms with van der Waals surface area (Å²) in [7, 11) is 1.58. The van der Waals surface area contributed by atoms with E-state index in [1.165, 1.54) is 0 Å². The highest BCUT2D eigenvalue weighted by atomic mass is 16.5. The minimum Gasteiger partial charge on any atom is -0.497 e. The number of esters is 1. The van der Waals surface area contributed by atoms with E-state index in [-0.39, 0.29) is 12.0 Å². The first-order chi connectivity index (χ1) is 8.58. The first-order valence-corrected chi connectivity index (χ1v) is 5.75. The van der Waals surface area contributed by atoms with E-state index in [1.54, 1.807) is 38.3 Å². The van der Waals surface area contributed by atoms with Crippen molar-refractivity contribution in [1.29, 1.82) is 0 Å². The molecule has 0 aliphatic rings. The van der Waals surface area contributed by atoms with Gasteiger partial charge in [-0.25, -0.2) is 4.79 Å². The summed E-state index contributed by atoms with van der Waals surface area (Å²) in [5.41, 5.74) is 0.974. The molecule has 0 aromatic heterocycles. The number of hydrogen-bond acceptors (Lipinski definition) is 4. The number of aliphatic hydroxyl groups excluding tert-OH is 1. The molecule has 0 fully saturated rings. The zero-order chi connectivity index (χ0) is 13.5. The van der Waals surface area contributed by atoms with Crippen molar-refractivity contribution >= 4 is 5.97 Å². The van der Waals surface area contributed by atoms with Gasteiger partial charge in [0, 0.05) is 12.0 Å². The van der Waals surface area contributed by atoms with E-state index in [0.717, 1.165) is 5.75 Å². The molecule has 0 aliphatic carbocycles. The van der Waals surface area contributed by atoms with Gasteiger partial charge in [0.1, 0.15) is 5.75 Å². The lowest BCUT2D eigenvalue weighted by atomic mass is 10.0. The quantitative estimate of drug-likeness (QED) is 0.621. The second kappa shape index (κ2) is 6.81. The number of ether oxygens (including phenoxy) is 2. The van der Waals surface area contributed by atoms with Gasteiger partial charge in [-0.1, -0.05) is 18.7 Å². The predicted molar refractivity (Wildman–Crippen MR) is 68.3 cm³/mol. The third kappa shape index (κ3) is 3.89. The summed E-state index contributed by atoms with van der Waals surface area (Å²) in [5, 5.41) is 9.96. The molecule has 1 aromatic carbocycles. The molecule has 0 saturated carbocycles. The van der Waals surface area contributed by atoms with Crippen molar-refractivity contribution in [2.45, 2.75) is 19.4 Å². The number of methoxy groups -OCH3 is 1. The zero-order valence-corrected chi connectivity index (χ0v) is 10.7. The van der Waals surface area contributed by atoms with E-state index < -0.39 is 12.1 Å². The predicted octanol–water partition coefficient (Wildman–Crippen LogP) is 2.24. The third-order valence-electron chi connectivity index (χ3n) is 2.50. The Morgan fingerprint density at radius 2 is 2.00 bits per heavy atom. The lowest BCUT2D eigenvalue weighted by Crippen LogP contribution is -2.10. The van der Waals surface area contributed by atoms with Gasteiger partial charge >= 0.3 is 5.97 Å². The van der Waals surface area contributed by atoms with Gasteiger partial charge in [-0.2, -0.15) is 0 Å². The number of benzene rings is 1. The molecule has 0 amide bonds. The van der Waals surface area contributed by atoms with E-state index in [4.69, 9.17) is 9.47 Å².